The summed E-state index contributed by atoms with van der Waals surface area (Å²) in [7, 11) is 1.44. The van der Waals surface area contributed by atoms with Crippen LogP contribution in [-0.2, 0) is 5.54 Å². The maximum atomic E-state index is 10.6. The van der Waals surface area contributed by atoms with Crippen LogP contribution < -0.4 is 10.5 Å². The monoisotopic (exact) mass is 226 g/mol. The van der Waals surface area contributed by atoms with Crippen molar-refractivity contribution in [3.05, 3.63) is 33.9 Å². The SMILES string of the molecule is COc1ccc([N+](=O)[O-])cc1C(C)(N)CO. The Balaban J connectivity index is 3.33. The molecule has 0 amide bonds. The van der Waals surface area contributed by atoms with Crippen LogP contribution in [0.3, 0.4) is 0 Å². The topological polar surface area (TPSA) is 98.6 Å². The number of hydrogen-bond donors (Lipinski definition) is 2. The average molecular weight is 226 g/mol. The Bertz CT molecular complexity index is 404. The number of nitro groups is 1. The summed E-state index contributed by atoms with van der Waals surface area (Å²) in [5.41, 5.74) is 5.08. The average Bonchev–Trinajstić information content (AvgIpc) is 2.28. The summed E-state index contributed by atoms with van der Waals surface area (Å²) in [6.07, 6.45) is 0. The van der Waals surface area contributed by atoms with E-state index in [0.29, 0.717) is 11.3 Å². The molecule has 0 spiro atoms. The van der Waals surface area contributed by atoms with E-state index in [4.69, 9.17) is 15.6 Å². The molecule has 6 heteroatoms. The molecular formula is C10H14N2O4. The molecule has 1 atom stereocenters. The highest BCUT2D eigenvalue weighted by Gasteiger charge is 2.26. The molecule has 6 nitrogen and oxygen atoms in total. The zero-order chi connectivity index (χ0) is 12.3. The molecular weight excluding hydrogens is 212 g/mol. The van der Waals surface area contributed by atoms with E-state index in [1.807, 2.05) is 0 Å². The Hall–Kier alpha value is -1.66. The second-order valence-electron chi connectivity index (χ2n) is 3.72. The van der Waals surface area contributed by atoms with E-state index >= 15 is 0 Å². The van der Waals surface area contributed by atoms with Gasteiger partial charge in [-0.2, -0.15) is 0 Å². The van der Waals surface area contributed by atoms with Gasteiger partial charge in [0.1, 0.15) is 5.75 Å². The van der Waals surface area contributed by atoms with Crippen LogP contribution in [0.4, 0.5) is 5.69 Å². The minimum atomic E-state index is -1.07. The number of methoxy groups -OCH3 is 1. The maximum Gasteiger partial charge on any atom is 0.270 e. The van der Waals surface area contributed by atoms with Crippen LogP contribution in [0, 0.1) is 10.1 Å². The first-order chi connectivity index (χ1) is 7.42. The van der Waals surface area contributed by atoms with Gasteiger partial charge in [0.25, 0.3) is 5.69 Å². The molecule has 0 aliphatic carbocycles. The first-order valence-corrected chi connectivity index (χ1v) is 4.65. The summed E-state index contributed by atoms with van der Waals surface area (Å²) in [6.45, 7) is 1.25. The van der Waals surface area contributed by atoms with E-state index in [1.54, 1.807) is 6.92 Å². The minimum absolute atomic E-state index is 0.0825. The van der Waals surface area contributed by atoms with Crippen molar-refractivity contribution in [2.45, 2.75) is 12.5 Å². The van der Waals surface area contributed by atoms with Crippen LogP contribution in [0.1, 0.15) is 12.5 Å². The lowest BCUT2D eigenvalue weighted by atomic mass is 9.93. The van der Waals surface area contributed by atoms with Crippen molar-refractivity contribution < 1.29 is 14.8 Å². The summed E-state index contributed by atoms with van der Waals surface area (Å²) in [5, 5.41) is 19.8. The van der Waals surface area contributed by atoms with Gasteiger partial charge in [0.2, 0.25) is 0 Å². The summed E-state index contributed by atoms with van der Waals surface area (Å²) < 4.78 is 5.05. The molecule has 0 fully saturated rings. The Morgan fingerprint density at radius 2 is 2.25 bits per heavy atom. The number of hydrogen-bond acceptors (Lipinski definition) is 5. The molecule has 0 aromatic heterocycles. The maximum absolute atomic E-state index is 10.6. The smallest absolute Gasteiger partial charge is 0.270 e. The normalized spacial score (nSPS) is 14.2. The van der Waals surface area contributed by atoms with Crippen LogP contribution in [0.2, 0.25) is 0 Å². The summed E-state index contributed by atoms with van der Waals surface area (Å²) in [5.74, 6) is 0.421. The van der Waals surface area contributed by atoms with Crippen LogP contribution >= 0.6 is 0 Å². The second-order valence-corrected chi connectivity index (χ2v) is 3.72. The van der Waals surface area contributed by atoms with Gasteiger partial charge in [-0.1, -0.05) is 0 Å². The molecule has 0 saturated carbocycles. The van der Waals surface area contributed by atoms with Gasteiger partial charge in [0.05, 0.1) is 24.2 Å². The molecule has 1 aromatic rings. The third-order valence-corrected chi connectivity index (χ3v) is 2.34. The quantitative estimate of drug-likeness (QED) is 0.583. The number of non-ortho nitro benzene ring substituents is 1. The molecule has 0 bridgehead atoms. The van der Waals surface area contributed by atoms with E-state index < -0.39 is 10.5 Å². The lowest BCUT2D eigenvalue weighted by Crippen LogP contribution is -2.37. The number of benzene rings is 1. The van der Waals surface area contributed by atoms with Gasteiger partial charge in [0, 0.05) is 17.7 Å². The van der Waals surface area contributed by atoms with E-state index in [-0.39, 0.29) is 12.3 Å². The van der Waals surface area contributed by atoms with Gasteiger partial charge in [-0.15, -0.1) is 0 Å². The van der Waals surface area contributed by atoms with Crippen molar-refractivity contribution in [1.82, 2.24) is 0 Å². The number of ether oxygens (including phenoxy) is 1. The first kappa shape index (κ1) is 12.4. The Morgan fingerprint density at radius 1 is 1.62 bits per heavy atom. The highest BCUT2D eigenvalue weighted by molar-refractivity contribution is 5.47. The van der Waals surface area contributed by atoms with Crippen LogP contribution in [-0.4, -0.2) is 23.7 Å². The van der Waals surface area contributed by atoms with E-state index in [9.17, 15) is 10.1 Å². The Labute approximate surface area is 92.8 Å². The molecule has 0 aliphatic rings. The van der Waals surface area contributed by atoms with E-state index in [1.165, 1.54) is 25.3 Å². The third kappa shape index (κ3) is 2.29. The first-order valence-electron chi connectivity index (χ1n) is 4.65. The molecule has 3 N–H and O–H groups in total. The molecule has 16 heavy (non-hydrogen) atoms. The van der Waals surface area contributed by atoms with Crippen LogP contribution in [0.25, 0.3) is 0 Å². The zero-order valence-corrected chi connectivity index (χ0v) is 9.14. The standard InChI is InChI=1S/C10H14N2O4/c1-10(11,6-13)8-5-7(12(14)15)3-4-9(8)16-2/h3-5,13H,6,11H2,1-2H3. The van der Waals surface area contributed by atoms with Crippen molar-refractivity contribution in [3.8, 4) is 5.75 Å². The molecule has 1 aromatic carbocycles. The predicted molar refractivity (Wildman–Crippen MR) is 58.3 cm³/mol. The summed E-state index contributed by atoms with van der Waals surface area (Å²) in [4.78, 5) is 10.1. The fraction of sp³-hybridized carbons (Fsp3) is 0.400. The lowest BCUT2D eigenvalue weighted by Gasteiger charge is -2.24. The van der Waals surface area contributed by atoms with Gasteiger partial charge in [-0.05, 0) is 13.0 Å². The highest BCUT2D eigenvalue weighted by atomic mass is 16.6. The predicted octanol–water partition coefficient (Wildman–Crippen LogP) is 0.770. The van der Waals surface area contributed by atoms with Crippen molar-refractivity contribution >= 4 is 5.69 Å². The second kappa shape index (κ2) is 4.46. The number of nitro benzene ring substituents is 1. The molecule has 1 unspecified atom stereocenters. The molecule has 88 valence electrons. The van der Waals surface area contributed by atoms with Crippen molar-refractivity contribution in [2.24, 2.45) is 5.73 Å². The molecule has 0 heterocycles. The van der Waals surface area contributed by atoms with Crippen molar-refractivity contribution in [3.63, 3.8) is 0 Å². The number of rotatable bonds is 4. The van der Waals surface area contributed by atoms with Crippen molar-refractivity contribution in [2.75, 3.05) is 13.7 Å². The van der Waals surface area contributed by atoms with Crippen molar-refractivity contribution in [1.29, 1.82) is 0 Å². The fourth-order valence-electron chi connectivity index (χ4n) is 1.34. The largest absolute Gasteiger partial charge is 0.496 e. The minimum Gasteiger partial charge on any atom is -0.496 e. The van der Waals surface area contributed by atoms with Gasteiger partial charge in [0.15, 0.2) is 0 Å². The third-order valence-electron chi connectivity index (χ3n) is 2.34. The molecule has 0 aliphatic heterocycles. The lowest BCUT2D eigenvalue weighted by molar-refractivity contribution is -0.385. The number of aliphatic hydroxyl groups is 1. The van der Waals surface area contributed by atoms with Gasteiger partial charge >= 0.3 is 0 Å². The van der Waals surface area contributed by atoms with E-state index in [2.05, 4.69) is 0 Å². The van der Waals surface area contributed by atoms with Gasteiger partial charge < -0.3 is 15.6 Å². The summed E-state index contributed by atoms with van der Waals surface area (Å²) in [6, 6.07) is 4.11. The number of nitrogens with two attached hydrogens (primary N) is 1. The molecule has 0 radical (unpaired) electrons. The Morgan fingerprint density at radius 3 is 2.69 bits per heavy atom. The van der Waals surface area contributed by atoms with E-state index in [0.717, 1.165) is 0 Å². The highest BCUT2D eigenvalue weighted by Crippen LogP contribution is 2.31. The summed E-state index contributed by atoms with van der Waals surface area (Å²) >= 11 is 0. The zero-order valence-electron chi connectivity index (χ0n) is 9.14. The molecule has 0 saturated heterocycles. The van der Waals surface area contributed by atoms with Gasteiger partial charge in [-0.3, -0.25) is 10.1 Å². The van der Waals surface area contributed by atoms with Crippen LogP contribution in [0.15, 0.2) is 18.2 Å². The van der Waals surface area contributed by atoms with Crippen LogP contribution in [0.5, 0.6) is 5.75 Å². The molecule has 1 rings (SSSR count). The number of aliphatic hydroxyl groups excluding tert-OH is 1. The fourth-order valence-corrected chi connectivity index (χ4v) is 1.34. The Kier molecular flexibility index (Phi) is 3.46. The van der Waals surface area contributed by atoms with Gasteiger partial charge in [-0.25, -0.2) is 0 Å². The number of nitrogens with zero attached hydrogens (tertiary/aromatic N) is 1.